The molecule has 0 radical (unpaired) electrons. The van der Waals surface area contributed by atoms with Gasteiger partial charge >= 0.3 is 0 Å². The van der Waals surface area contributed by atoms with Crippen molar-refractivity contribution in [3.8, 4) is 11.5 Å². The van der Waals surface area contributed by atoms with E-state index in [1.807, 2.05) is 62.5 Å². The zero-order chi connectivity index (χ0) is 21.8. The van der Waals surface area contributed by atoms with Crippen molar-refractivity contribution in [3.05, 3.63) is 59.7 Å². The van der Waals surface area contributed by atoms with Crippen molar-refractivity contribution in [2.24, 2.45) is 4.99 Å². The smallest absolute Gasteiger partial charge is 0.224 e. The van der Waals surface area contributed by atoms with Crippen LogP contribution in [-0.4, -0.2) is 51.1 Å². The summed E-state index contributed by atoms with van der Waals surface area (Å²) in [7, 11) is 5.05. The Hall–Kier alpha value is -3.22. The predicted octanol–water partition coefficient (Wildman–Crippen LogP) is 2.81. The summed E-state index contributed by atoms with van der Waals surface area (Å²) in [5.74, 6) is 2.12. The number of hydrogen-bond acceptors (Lipinski definition) is 4. The molecule has 0 aromatic heterocycles. The quantitative estimate of drug-likeness (QED) is 0.464. The molecule has 0 aliphatic carbocycles. The number of carbonyl (C=O) groups excluding carboxylic acids is 1. The number of rotatable bonds is 10. The van der Waals surface area contributed by atoms with Crippen molar-refractivity contribution in [2.45, 2.75) is 26.4 Å². The van der Waals surface area contributed by atoms with Crippen LogP contribution in [0.2, 0.25) is 0 Å². The van der Waals surface area contributed by atoms with Crippen LogP contribution >= 0.6 is 0 Å². The molecule has 0 unspecified atom stereocenters. The maximum absolute atomic E-state index is 12.4. The van der Waals surface area contributed by atoms with Crippen LogP contribution in [0.3, 0.4) is 0 Å². The molecule has 0 heterocycles. The number of carbonyl (C=O) groups is 1. The van der Waals surface area contributed by atoms with Gasteiger partial charge in [0.2, 0.25) is 5.91 Å². The lowest BCUT2D eigenvalue weighted by Crippen LogP contribution is -2.39. The highest BCUT2D eigenvalue weighted by Gasteiger charge is 2.10. The Morgan fingerprint density at radius 1 is 1.00 bits per heavy atom. The second-order valence-corrected chi connectivity index (χ2v) is 6.80. The Bertz CT molecular complexity index is 824. The van der Waals surface area contributed by atoms with Crippen molar-refractivity contribution in [1.29, 1.82) is 0 Å². The molecule has 7 heteroatoms. The van der Waals surface area contributed by atoms with Gasteiger partial charge in [0.15, 0.2) is 17.5 Å². The largest absolute Gasteiger partial charge is 0.493 e. The fourth-order valence-electron chi connectivity index (χ4n) is 2.92. The summed E-state index contributed by atoms with van der Waals surface area (Å²) in [6.07, 6.45) is 0.393. The van der Waals surface area contributed by atoms with Crippen LogP contribution in [0.1, 0.15) is 24.5 Å². The Morgan fingerprint density at radius 3 is 2.40 bits per heavy atom. The number of amides is 1. The molecular weight excluding hydrogens is 380 g/mol. The Balaban J connectivity index is 1.86. The van der Waals surface area contributed by atoms with E-state index in [1.54, 1.807) is 19.1 Å². The van der Waals surface area contributed by atoms with Crippen LogP contribution < -0.4 is 20.1 Å². The van der Waals surface area contributed by atoms with Gasteiger partial charge in [-0.25, -0.2) is 4.99 Å². The van der Waals surface area contributed by atoms with Crippen LogP contribution in [0.4, 0.5) is 0 Å². The van der Waals surface area contributed by atoms with Gasteiger partial charge in [-0.2, -0.15) is 0 Å². The van der Waals surface area contributed by atoms with Gasteiger partial charge in [-0.15, -0.1) is 0 Å². The van der Waals surface area contributed by atoms with Crippen molar-refractivity contribution in [2.75, 3.05) is 34.4 Å². The minimum Gasteiger partial charge on any atom is -0.493 e. The molecular formula is C23H32N4O3. The molecule has 2 aromatic carbocycles. The molecule has 7 nitrogen and oxygen atoms in total. The van der Waals surface area contributed by atoms with E-state index in [4.69, 9.17) is 9.47 Å². The molecule has 0 atom stereocenters. The summed E-state index contributed by atoms with van der Waals surface area (Å²) in [5, 5.41) is 6.43. The Labute approximate surface area is 179 Å². The molecule has 2 aromatic rings. The maximum atomic E-state index is 12.4. The predicted molar refractivity (Wildman–Crippen MR) is 120 cm³/mol. The van der Waals surface area contributed by atoms with Crippen LogP contribution in [-0.2, 0) is 17.9 Å². The third-order valence-corrected chi connectivity index (χ3v) is 4.53. The molecule has 0 spiro atoms. The van der Waals surface area contributed by atoms with Crippen LogP contribution in [0.15, 0.2) is 53.5 Å². The fourth-order valence-corrected chi connectivity index (χ4v) is 2.92. The van der Waals surface area contributed by atoms with Crippen LogP contribution in [0.5, 0.6) is 11.5 Å². The summed E-state index contributed by atoms with van der Waals surface area (Å²) in [6, 6.07) is 15.7. The molecule has 162 valence electrons. The van der Waals surface area contributed by atoms with E-state index in [-0.39, 0.29) is 5.91 Å². The summed E-state index contributed by atoms with van der Waals surface area (Å²) in [6.45, 7) is 4.34. The van der Waals surface area contributed by atoms with E-state index in [0.717, 1.165) is 17.7 Å². The number of hydrogen-bond donors (Lipinski definition) is 2. The Morgan fingerprint density at radius 2 is 1.73 bits per heavy atom. The highest BCUT2D eigenvalue weighted by atomic mass is 16.5. The molecule has 0 saturated heterocycles. The van der Waals surface area contributed by atoms with Crippen molar-refractivity contribution in [1.82, 2.24) is 15.5 Å². The second-order valence-electron chi connectivity index (χ2n) is 6.80. The zero-order valence-corrected chi connectivity index (χ0v) is 18.3. The van der Waals surface area contributed by atoms with Crippen molar-refractivity contribution >= 4 is 11.9 Å². The van der Waals surface area contributed by atoms with Gasteiger partial charge in [-0.3, -0.25) is 4.79 Å². The number of ether oxygens (including phenoxy) is 2. The summed E-state index contributed by atoms with van der Waals surface area (Å²) in [5.41, 5.74) is 2.12. The first-order valence-electron chi connectivity index (χ1n) is 10.1. The first-order valence-corrected chi connectivity index (χ1v) is 10.1. The lowest BCUT2D eigenvalue weighted by molar-refractivity contribution is -0.130. The molecule has 0 aliphatic rings. The second kappa shape index (κ2) is 12.4. The maximum Gasteiger partial charge on any atom is 0.224 e. The van der Waals surface area contributed by atoms with Gasteiger partial charge in [-0.1, -0.05) is 36.4 Å². The third-order valence-electron chi connectivity index (χ3n) is 4.53. The lowest BCUT2D eigenvalue weighted by Gasteiger charge is -2.18. The van der Waals surface area contributed by atoms with Gasteiger partial charge in [0.25, 0.3) is 0 Å². The average molecular weight is 413 g/mol. The molecule has 1 amide bonds. The van der Waals surface area contributed by atoms with Gasteiger partial charge in [-0.05, 0) is 30.2 Å². The van der Waals surface area contributed by atoms with E-state index in [1.165, 1.54) is 0 Å². The highest BCUT2D eigenvalue weighted by Crippen LogP contribution is 2.27. The van der Waals surface area contributed by atoms with Gasteiger partial charge in [0, 0.05) is 33.1 Å². The normalized spacial score (nSPS) is 11.0. The van der Waals surface area contributed by atoms with E-state index >= 15 is 0 Å². The van der Waals surface area contributed by atoms with Gasteiger partial charge in [0.05, 0.1) is 20.8 Å². The highest BCUT2D eigenvalue weighted by molar-refractivity contribution is 5.81. The summed E-state index contributed by atoms with van der Waals surface area (Å²) < 4.78 is 10.6. The molecule has 0 aliphatic heterocycles. The van der Waals surface area contributed by atoms with E-state index in [9.17, 15) is 4.79 Å². The lowest BCUT2D eigenvalue weighted by atomic mass is 10.2. The zero-order valence-electron chi connectivity index (χ0n) is 18.3. The number of nitrogens with one attached hydrogen (secondary N) is 2. The molecule has 2 N–H and O–H groups in total. The third kappa shape index (κ3) is 7.31. The van der Waals surface area contributed by atoms with Crippen LogP contribution in [0, 0.1) is 0 Å². The molecule has 0 fully saturated rings. The molecule has 0 bridgehead atoms. The standard InChI is InChI=1S/C23H32N4O3/c1-5-24-23(26-16-19-11-12-20(29-3)21(15-19)30-4)25-14-13-22(28)27(2)17-18-9-7-6-8-10-18/h6-12,15H,5,13-14,16-17H2,1-4H3,(H2,24,25,26). The SMILES string of the molecule is CCNC(=NCc1ccc(OC)c(OC)c1)NCCC(=O)N(C)Cc1ccccc1. The number of benzene rings is 2. The first kappa shape index (κ1) is 23.1. The van der Waals surface area contributed by atoms with Gasteiger partial charge in [0.1, 0.15) is 0 Å². The van der Waals surface area contributed by atoms with E-state index in [2.05, 4.69) is 15.6 Å². The first-order chi connectivity index (χ1) is 14.6. The molecule has 30 heavy (non-hydrogen) atoms. The average Bonchev–Trinajstić information content (AvgIpc) is 2.77. The molecule has 0 saturated carbocycles. The monoisotopic (exact) mass is 412 g/mol. The van der Waals surface area contributed by atoms with E-state index < -0.39 is 0 Å². The summed E-state index contributed by atoms with van der Waals surface area (Å²) in [4.78, 5) is 18.7. The fraction of sp³-hybridized carbons (Fsp3) is 0.391. The summed E-state index contributed by atoms with van der Waals surface area (Å²) >= 11 is 0. The van der Waals surface area contributed by atoms with Crippen molar-refractivity contribution < 1.29 is 14.3 Å². The minimum atomic E-state index is 0.0853. The topological polar surface area (TPSA) is 75.2 Å². The number of aliphatic imine (C=N–C) groups is 1. The Kier molecular flexibility index (Phi) is 9.51. The van der Waals surface area contributed by atoms with E-state index in [0.29, 0.717) is 43.5 Å². The molecule has 2 rings (SSSR count). The van der Waals surface area contributed by atoms with Crippen molar-refractivity contribution in [3.63, 3.8) is 0 Å². The number of guanidine groups is 1. The number of nitrogens with zero attached hydrogens (tertiary/aromatic N) is 2. The van der Waals surface area contributed by atoms with Gasteiger partial charge < -0.3 is 25.0 Å². The minimum absolute atomic E-state index is 0.0853. The van der Waals surface area contributed by atoms with Crippen LogP contribution in [0.25, 0.3) is 0 Å². The number of methoxy groups -OCH3 is 2.